The molecule has 2 nitrogen and oxygen atoms in total. The second kappa shape index (κ2) is 6.18. The van der Waals surface area contributed by atoms with Crippen LogP contribution in [0.25, 0.3) is 0 Å². The largest absolute Gasteiger partial charge is 0.368 e. The normalized spacial score (nSPS) is 15.6. The van der Waals surface area contributed by atoms with Crippen molar-refractivity contribution in [3.63, 3.8) is 0 Å². The highest BCUT2D eigenvalue weighted by Crippen LogP contribution is 2.22. The number of rotatable bonds is 7. The number of ether oxygens (including phenoxy) is 1. The highest BCUT2D eigenvalue weighted by Gasteiger charge is 2.30. The van der Waals surface area contributed by atoms with Gasteiger partial charge in [0.15, 0.2) is 5.78 Å². The molecule has 0 heterocycles. The predicted octanol–water partition coefficient (Wildman–Crippen LogP) is 3.20. The summed E-state index contributed by atoms with van der Waals surface area (Å²) in [4.78, 5) is 11.5. The number of ketones is 1. The number of carbonyl (C=O) groups is 1. The Hall–Kier alpha value is -0.370. The summed E-state index contributed by atoms with van der Waals surface area (Å²) in [6.07, 6.45) is 2.84. The Morgan fingerprint density at radius 3 is 2.36 bits per heavy atom. The third-order valence-electron chi connectivity index (χ3n) is 2.57. The van der Waals surface area contributed by atoms with Crippen LogP contribution >= 0.6 is 0 Å². The zero-order valence-corrected chi connectivity index (χ0v) is 10.2. The fourth-order valence-electron chi connectivity index (χ4n) is 1.24. The maximum absolute atomic E-state index is 11.5. The predicted molar refractivity (Wildman–Crippen MR) is 59.4 cm³/mol. The SMILES string of the molecule is CCCOC(C)(CCC(C)C)C(C)=O. The van der Waals surface area contributed by atoms with Crippen molar-refractivity contribution >= 4 is 5.78 Å². The maximum Gasteiger partial charge on any atom is 0.161 e. The molecule has 0 spiro atoms. The lowest BCUT2D eigenvalue weighted by Gasteiger charge is -2.27. The minimum absolute atomic E-state index is 0.145. The number of Topliss-reactive ketones (excluding diaryl/α,β-unsaturated/α-hetero) is 1. The summed E-state index contributed by atoms with van der Waals surface area (Å²) in [5.74, 6) is 0.769. The Morgan fingerprint density at radius 1 is 1.43 bits per heavy atom. The minimum atomic E-state index is -0.555. The molecule has 2 heteroatoms. The van der Waals surface area contributed by atoms with Crippen LogP contribution in [-0.4, -0.2) is 18.0 Å². The van der Waals surface area contributed by atoms with Crippen molar-refractivity contribution in [2.24, 2.45) is 5.92 Å². The molecule has 0 aromatic heterocycles. The summed E-state index contributed by atoms with van der Waals surface area (Å²) >= 11 is 0. The van der Waals surface area contributed by atoms with Gasteiger partial charge < -0.3 is 4.74 Å². The molecule has 0 saturated heterocycles. The maximum atomic E-state index is 11.5. The molecule has 0 fully saturated rings. The van der Waals surface area contributed by atoms with E-state index in [4.69, 9.17) is 4.74 Å². The summed E-state index contributed by atoms with van der Waals surface area (Å²) in [5, 5.41) is 0. The fourth-order valence-corrected chi connectivity index (χ4v) is 1.24. The molecule has 0 amide bonds. The van der Waals surface area contributed by atoms with Gasteiger partial charge in [-0.2, -0.15) is 0 Å². The topological polar surface area (TPSA) is 26.3 Å². The second-order valence-electron chi connectivity index (χ2n) is 4.57. The van der Waals surface area contributed by atoms with Crippen molar-refractivity contribution in [2.45, 2.75) is 59.5 Å². The summed E-state index contributed by atoms with van der Waals surface area (Å²) in [7, 11) is 0. The third kappa shape index (κ3) is 4.75. The van der Waals surface area contributed by atoms with Gasteiger partial charge in [0.1, 0.15) is 5.60 Å². The van der Waals surface area contributed by atoms with E-state index in [1.807, 2.05) is 6.92 Å². The first-order valence-electron chi connectivity index (χ1n) is 5.57. The first-order chi connectivity index (χ1) is 6.42. The van der Waals surface area contributed by atoms with Crippen molar-refractivity contribution in [2.75, 3.05) is 6.61 Å². The lowest BCUT2D eigenvalue weighted by Crippen LogP contribution is -2.37. The van der Waals surface area contributed by atoms with Gasteiger partial charge in [-0.05, 0) is 39.0 Å². The average Bonchev–Trinajstić information content (AvgIpc) is 2.11. The van der Waals surface area contributed by atoms with E-state index in [1.165, 1.54) is 0 Å². The van der Waals surface area contributed by atoms with Gasteiger partial charge in [-0.3, -0.25) is 4.79 Å². The molecule has 0 bridgehead atoms. The van der Waals surface area contributed by atoms with Crippen molar-refractivity contribution in [3.8, 4) is 0 Å². The molecule has 0 saturated carbocycles. The van der Waals surface area contributed by atoms with Crippen LogP contribution < -0.4 is 0 Å². The molecule has 0 aliphatic carbocycles. The summed E-state index contributed by atoms with van der Waals surface area (Å²) in [6, 6.07) is 0. The molecular weight excluding hydrogens is 176 g/mol. The Kier molecular flexibility index (Phi) is 6.01. The monoisotopic (exact) mass is 200 g/mol. The van der Waals surface area contributed by atoms with Crippen LogP contribution in [-0.2, 0) is 9.53 Å². The lowest BCUT2D eigenvalue weighted by molar-refractivity contribution is -0.141. The standard InChI is InChI=1S/C12H24O2/c1-6-9-14-12(5,11(4)13)8-7-10(2)3/h10H,6-9H2,1-5H3. The van der Waals surface area contributed by atoms with E-state index >= 15 is 0 Å². The zero-order chi connectivity index (χ0) is 11.2. The summed E-state index contributed by atoms with van der Waals surface area (Å²) in [6.45, 7) is 10.6. The first-order valence-corrected chi connectivity index (χ1v) is 5.57. The second-order valence-corrected chi connectivity index (χ2v) is 4.57. The van der Waals surface area contributed by atoms with Crippen molar-refractivity contribution < 1.29 is 9.53 Å². The first kappa shape index (κ1) is 13.6. The molecule has 0 radical (unpaired) electrons. The van der Waals surface area contributed by atoms with Crippen LogP contribution in [0.5, 0.6) is 0 Å². The van der Waals surface area contributed by atoms with Crippen molar-refractivity contribution in [1.29, 1.82) is 0 Å². The van der Waals surface area contributed by atoms with Gasteiger partial charge in [0.2, 0.25) is 0 Å². The number of hydrogen-bond donors (Lipinski definition) is 0. The van der Waals surface area contributed by atoms with Crippen LogP contribution in [0.1, 0.15) is 53.9 Å². The molecule has 14 heavy (non-hydrogen) atoms. The lowest BCUT2D eigenvalue weighted by atomic mass is 9.92. The molecule has 0 aromatic rings. The van der Waals surface area contributed by atoms with Gasteiger partial charge in [-0.15, -0.1) is 0 Å². The van der Waals surface area contributed by atoms with Crippen LogP contribution in [0.2, 0.25) is 0 Å². The van der Waals surface area contributed by atoms with E-state index in [0.717, 1.165) is 19.3 Å². The number of carbonyl (C=O) groups excluding carboxylic acids is 1. The van der Waals surface area contributed by atoms with Crippen LogP contribution in [0.15, 0.2) is 0 Å². The van der Waals surface area contributed by atoms with Gasteiger partial charge in [0.25, 0.3) is 0 Å². The molecule has 0 aliphatic heterocycles. The Labute approximate surface area is 88.0 Å². The zero-order valence-electron chi connectivity index (χ0n) is 10.2. The molecule has 1 atom stereocenters. The highest BCUT2D eigenvalue weighted by atomic mass is 16.5. The van der Waals surface area contributed by atoms with E-state index in [0.29, 0.717) is 12.5 Å². The van der Waals surface area contributed by atoms with E-state index in [9.17, 15) is 4.79 Å². The van der Waals surface area contributed by atoms with Gasteiger partial charge >= 0.3 is 0 Å². The van der Waals surface area contributed by atoms with Crippen LogP contribution in [0, 0.1) is 5.92 Å². The van der Waals surface area contributed by atoms with Gasteiger partial charge in [0.05, 0.1) is 0 Å². The summed E-state index contributed by atoms with van der Waals surface area (Å²) < 4.78 is 5.64. The van der Waals surface area contributed by atoms with Crippen LogP contribution in [0.3, 0.4) is 0 Å². The Balaban J connectivity index is 4.17. The Morgan fingerprint density at radius 2 is 2.00 bits per heavy atom. The molecule has 1 unspecified atom stereocenters. The smallest absolute Gasteiger partial charge is 0.161 e. The van der Waals surface area contributed by atoms with Gasteiger partial charge in [0, 0.05) is 6.61 Å². The average molecular weight is 200 g/mol. The van der Waals surface area contributed by atoms with Gasteiger partial charge in [-0.1, -0.05) is 20.8 Å². The van der Waals surface area contributed by atoms with E-state index in [1.54, 1.807) is 6.92 Å². The molecule has 0 aromatic carbocycles. The molecule has 84 valence electrons. The third-order valence-corrected chi connectivity index (χ3v) is 2.57. The summed E-state index contributed by atoms with van der Waals surface area (Å²) in [5.41, 5.74) is -0.555. The molecule has 0 rings (SSSR count). The minimum Gasteiger partial charge on any atom is -0.368 e. The highest BCUT2D eigenvalue weighted by molar-refractivity contribution is 5.84. The van der Waals surface area contributed by atoms with E-state index in [-0.39, 0.29) is 5.78 Å². The van der Waals surface area contributed by atoms with Gasteiger partial charge in [-0.25, -0.2) is 0 Å². The van der Waals surface area contributed by atoms with Crippen LogP contribution in [0.4, 0.5) is 0 Å². The number of hydrogen-bond acceptors (Lipinski definition) is 2. The Bertz CT molecular complexity index is 175. The molecule has 0 N–H and O–H groups in total. The van der Waals surface area contributed by atoms with E-state index < -0.39 is 5.60 Å². The molecule has 0 aliphatic rings. The van der Waals surface area contributed by atoms with Crippen molar-refractivity contribution in [1.82, 2.24) is 0 Å². The van der Waals surface area contributed by atoms with Crippen molar-refractivity contribution in [3.05, 3.63) is 0 Å². The quantitative estimate of drug-likeness (QED) is 0.631. The molecular formula is C12H24O2. The fraction of sp³-hybridized carbons (Fsp3) is 0.917. The van der Waals surface area contributed by atoms with E-state index in [2.05, 4.69) is 20.8 Å².